The monoisotopic (exact) mass is 291 g/mol. The maximum Gasteiger partial charge on any atom is 0.251 e. The van der Waals surface area contributed by atoms with Gasteiger partial charge >= 0.3 is 0 Å². The molecule has 1 aliphatic rings. The smallest absolute Gasteiger partial charge is 0.251 e. The van der Waals surface area contributed by atoms with Crippen LogP contribution in [0.2, 0.25) is 0 Å². The van der Waals surface area contributed by atoms with E-state index in [0.29, 0.717) is 12.5 Å². The van der Waals surface area contributed by atoms with Gasteiger partial charge in [-0.2, -0.15) is 0 Å². The Hall–Kier alpha value is -1.90. The standard InChI is InChI=1S/C16H18FNO3/c17-15-10-14(4-3-13(15)2-1-8-19)16(20)18-7-5-12-6-9-21-11-12/h3-4,10,12,19H,5-9,11H2,(H,18,20). The first-order chi connectivity index (χ1) is 10.2. The number of carbonyl (C=O) groups is 1. The summed E-state index contributed by atoms with van der Waals surface area (Å²) in [6.07, 6.45) is 1.90. The minimum Gasteiger partial charge on any atom is -0.384 e. The number of hydrogen-bond donors (Lipinski definition) is 2. The first-order valence-corrected chi connectivity index (χ1v) is 6.96. The molecule has 0 saturated carbocycles. The van der Waals surface area contributed by atoms with Crippen LogP contribution in [0.15, 0.2) is 18.2 Å². The molecule has 1 aromatic rings. The molecular formula is C16H18FNO3. The molecule has 0 spiro atoms. The van der Waals surface area contributed by atoms with Crippen LogP contribution in [0.25, 0.3) is 0 Å². The summed E-state index contributed by atoms with van der Waals surface area (Å²) < 4.78 is 19.0. The first kappa shape index (κ1) is 15.5. The van der Waals surface area contributed by atoms with Crippen LogP contribution in [-0.4, -0.2) is 37.4 Å². The minimum absolute atomic E-state index is 0.170. The van der Waals surface area contributed by atoms with Gasteiger partial charge in [-0.05, 0) is 37.0 Å². The summed E-state index contributed by atoms with van der Waals surface area (Å²) in [4.78, 5) is 11.9. The van der Waals surface area contributed by atoms with Crippen LogP contribution in [0.4, 0.5) is 4.39 Å². The lowest BCUT2D eigenvalue weighted by Gasteiger charge is -2.09. The van der Waals surface area contributed by atoms with Crippen LogP contribution in [-0.2, 0) is 4.74 Å². The SMILES string of the molecule is O=C(NCCC1CCOC1)c1ccc(C#CCO)c(F)c1. The van der Waals surface area contributed by atoms with E-state index >= 15 is 0 Å². The Morgan fingerprint density at radius 1 is 1.52 bits per heavy atom. The molecule has 21 heavy (non-hydrogen) atoms. The second-order valence-corrected chi connectivity index (χ2v) is 4.93. The van der Waals surface area contributed by atoms with Crippen molar-refractivity contribution in [2.75, 3.05) is 26.4 Å². The largest absolute Gasteiger partial charge is 0.384 e. The van der Waals surface area contributed by atoms with E-state index in [2.05, 4.69) is 17.2 Å². The zero-order valence-corrected chi connectivity index (χ0v) is 11.7. The first-order valence-electron chi connectivity index (χ1n) is 6.96. The Bertz CT molecular complexity index is 556. The van der Waals surface area contributed by atoms with E-state index in [9.17, 15) is 9.18 Å². The summed E-state index contributed by atoms with van der Waals surface area (Å²) in [6.45, 7) is 1.77. The van der Waals surface area contributed by atoms with Crippen LogP contribution in [0.3, 0.4) is 0 Å². The topological polar surface area (TPSA) is 58.6 Å². The Labute approximate surface area is 123 Å². The molecule has 0 aliphatic carbocycles. The molecule has 112 valence electrons. The molecule has 0 bridgehead atoms. The van der Waals surface area contributed by atoms with Crippen molar-refractivity contribution in [3.63, 3.8) is 0 Å². The van der Waals surface area contributed by atoms with Gasteiger partial charge < -0.3 is 15.2 Å². The Balaban J connectivity index is 1.88. The molecule has 2 N–H and O–H groups in total. The van der Waals surface area contributed by atoms with E-state index in [4.69, 9.17) is 9.84 Å². The van der Waals surface area contributed by atoms with Crippen molar-refractivity contribution in [2.24, 2.45) is 5.92 Å². The number of rotatable bonds is 4. The lowest BCUT2D eigenvalue weighted by Crippen LogP contribution is -2.26. The molecule has 1 aromatic carbocycles. The number of carbonyl (C=O) groups excluding carboxylic acids is 1. The fraction of sp³-hybridized carbons (Fsp3) is 0.438. The molecule has 1 heterocycles. The van der Waals surface area contributed by atoms with Gasteiger partial charge in [-0.1, -0.05) is 11.8 Å². The van der Waals surface area contributed by atoms with E-state index in [-0.39, 0.29) is 23.6 Å². The minimum atomic E-state index is -0.562. The van der Waals surface area contributed by atoms with Crippen molar-refractivity contribution >= 4 is 5.91 Å². The van der Waals surface area contributed by atoms with Gasteiger partial charge in [0.15, 0.2) is 0 Å². The van der Waals surface area contributed by atoms with Crippen molar-refractivity contribution in [3.8, 4) is 11.8 Å². The van der Waals surface area contributed by atoms with Gasteiger partial charge in [0, 0.05) is 25.3 Å². The zero-order valence-electron chi connectivity index (χ0n) is 11.7. The number of halogens is 1. The van der Waals surface area contributed by atoms with E-state index in [1.807, 2.05) is 0 Å². The Morgan fingerprint density at radius 2 is 2.38 bits per heavy atom. The summed E-state index contributed by atoms with van der Waals surface area (Å²) in [5.74, 6) is 4.50. The van der Waals surface area contributed by atoms with E-state index in [1.165, 1.54) is 12.1 Å². The van der Waals surface area contributed by atoms with E-state index in [1.54, 1.807) is 0 Å². The predicted octanol–water partition coefficient (Wildman–Crippen LogP) is 1.33. The average molecular weight is 291 g/mol. The number of aliphatic hydroxyl groups excluding tert-OH is 1. The van der Waals surface area contributed by atoms with Gasteiger partial charge in [0.25, 0.3) is 5.91 Å². The third-order valence-corrected chi connectivity index (χ3v) is 3.40. The summed E-state index contributed by atoms with van der Waals surface area (Å²) >= 11 is 0. The molecule has 1 unspecified atom stereocenters. The van der Waals surface area contributed by atoms with Crippen LogP contribution in [0.1, 0.15) is 28.8 Å². The molecule has 0 radical (unpaired) electrons. The van der Waals surface area contributed by atoms with Crippen molar-refractivity contribution in [2.45, 2.75) is 12.8 Å². The molecule has 1 aliphatic heterocycles. The normalized spacial score (nSPS) is 17.1. The summed E-state index contributed by atoms with van der Waals surface area (Å²) in [5, 5.41) is 11.4. The number of ether oxygens (including phenoxy) is 1. The average Bonchev–Trinajstić information content (AvgIpc) is 2.99. The quantitative estimate of drug-likeness (QED) is 0.823. The highest BCUT2D eigenvalue weighted by atomic mass is 19.1. The van der Waals surface area contributed by atoms with E-state index in [0.717, 1.165) is 32.1 Å². The summed E-state index contributed by atoms with van der Waals surface area (Å²) in [7, 11) is 0. The second-order valence-electron chi connectivity index (χ2n) is 4.93. The highest BCUT2D eigenvalue weighted by Crippen LogP contribution is 2.15. The fourth-order valence-corrected chi connectivity index (χ4v) is 2.20. The van der Waals surface area contributed by atoms with Crippen LogP contribution in [0.5, 0.6) is 0 Å². The van der Waals surface area contributed by atoms with E-state index < -0.39 is 5.82 Å². The van der Waals surface area contributed by atoms with Crippen molar-refractivity contribution in [3.05, 3.63) is 35.1 Å². The van der Waals surface area contributed by atoms with Gasteiger partial charge in [-0.3, -0.25) is 4.79 Å². The zero-order chi connectivity index (χ0) is 15.1. The Kier molecular flexibility index (Phi) is 5.73. The number of amides is 1. The van der Waals surface area contributed by atoms with Crippen LogP contribution in [0, 0.1) is 23.6 Å². The number of benzene rings is 1. The molecule has 1 atom stereocenters. The molecule has 4 nitrogen and oxygen atoms in total. The molecular weight excluding hydrogens is 273 g/mol. The number of nitrogens with one attached hydrogen (secondary N) is 1. The lowest BCUT2D eigenvalue weighted by atomic mass is 10.1. The maximum absolute atomic E-state index is 13.7. The van der Waals surface area contributed by atoms with Crippen molar-refractivity contribution < 1.29 is 19.0 Å². The molecule has 0 aromatic heterocycles. The Morgan fingerprint density at radius 3 is 3.05 bits per heavy atom. The summed E-state index contributed by atoms with van der Waals surface area (Å²) in [6, 6.07) is 4.13. The van der Waals surface area contributed by atoms with Gasteiger partial charge in [-0.15, -0.1) is 0 Å². The summed E-state index contributed by atoms with van der Waals surface area (Å²) in [5.41, 5.74) is 0.438. The van der Waals surface area contributed by atoms with Crippen molar-refractivity contribution in [1.82, 2.24) is 5.32 Å². The third-order valence-electron chi connectivity index (χ3n) is 3.40. The molecule has 5 heteroatoms. The number of hydrogen-bond acceptors (Lipinski definition) is 3. The predicted molar refractivity (Wildman–Crippen MR) is 76.2 cm³/mol. The van der Waals surface area contributed by atoms with Gasteiger partial charge in [0.1, 0.15) is 12.4 Å². The fourth-order valence-electron chi connectivity index (χ4n) is 2.20. The highest BCUT2D eigenvalue weighted by Gasteiger charge is 2.15. The number of aliphatic hydroxyl groups is 1. The van der Waals surface area contributed by atoms with Gasteiger partial charge in [0.05, 0.1) is 5.56 Å². The molecule has 2 rings (SSSR count). The highest BCUT2D eigenvalue weighted by molar-refractivity contribution is 5.94. The maximum atomic E-state index is 13.7. The van der Waals surface area contributed by atoms with Gasteiger partial charge in [0.2, 0.25) is 0 Å². The lowest BCUT2D eigenvalue weighted by molar-refractivity contribution is 0.0950. The van der Waals surface area contributed by atoms with Crippen molar-refractivity contribution in [1.29, 1.82) is 0 Å². The second kappa shape index (κ2) is 7.77. The van der Waals surface area contributed by atoms with Crippen LogP contribution < -0.4 is 5.32 Å². The van der Waals surface area contributed by atoms with Crippen LogP contribution >= 0.6 is 0 Å². The third kappa shape index (κ3) is 4.55. The molecule has 1 saturated heterocycles. The molecule has 1 amide bonds. The van der Waals surface area contributed by atoms with Gasteiger partial charge in [-0.25, -0.2) is 4.39 Å². The molecule has 1 fully saturated rings.